The maximum Gasteiger partial charge on any atom is 0.246 e. The van der Waals surface area contributed by atoms with Crippen molar-refractivity contribution in [1.29, 1.82) is 0 Å². The van der Waals surface area contributed by atoms with Crippen LogP contribution in [0, 0.1) is 5.92 Å². The lowest BCUT2D eigenvalue weighted by atomic mass is 10.1. The van der Waals surface area contributed by atoms with Gasteiger partial charge in [0.05, 0.1) is 0 Å². The van der Waals surface area contributed by atoms with Crippen LogP contribution in [0.5, 0.6) is 0 Å². The van der Waals surface area contributed by atoms with Gasteiger partial charge in [0.1, 0.15) is 0 Å². The van der Waals surface area contributed by atoms with Crippen LogP contribution in [0.25, 0.3) is 0 Å². The van der Waals surface area contributed by atoms with Gasteiger partial charge in [-0.25, -0.2) is 0 Å². The summed E-state index contributed by atoms with van der Waals surface area (Å²) in [7, 11) is 0. The Bertz CT molecular complexity index is 314. The van der Waals surface area contributed by atoms with Gasteiger partial charge < -0.3 is 10.2 Å². The summed E-state index contributed by atoms with van der Waals surface area (Å²) in [5.74, 6) is 0.976. The Labute approximate surface area is 104 Å². The summed E-state index contributed by atoms with van der Waals surface area (Å²) in [4.78, 5) is 14.2. The molecule has 2 aliphatic rings. The summed E-state index contributed by atoms with van der Waals surface area (Å²) >= 11 is 0. The Hall–Kier alpha value is -0.830. The van der Waals surface area contributed by atoms with E-state index >= 15 is 0 Å². The van der Waals surface area contributed by atoms with E-state index in [1.807, 2.05) is 11.0 Å². The van der Waals surface area contributed by atoms with Gasteiger partial charge in [0, 0.05) is 31.2 Å². The molecular weight excluding hydrogens is 212 g/mol. The van der Waals surface area contributed by atoms with Crippen LogP contribution in [0.3, 0.4) is 0 Å². The average molecular weight is 236 g/mol. The largest absolute Gasteiger partial charge is 0.336 e. The Balaban J connectivity index is 1.95. The number of amides is 1. The second-order valence-electron chi connectivity index (χ2n) is 5.86. The van der Waals surface area contributed by atoms with E-state index in [0.29, 0.717) is 12.1 Å². The molecular formula is C14H24N2O. The third kappa shape index (κ3) is 3.32. The van der Waals surface area contributed by atoms with Crippen LogP contribution in [-0.4, -0.2) is 36.0 Å². The SMILES string of the molecule is C[C@@H]1CC/C(=C\C(=O)N2C[C@@H](C)N[C@@H](C)C2)C1. The van der Waals surface area contributed by atoms with Crippen molar-refractivity contribution in [3.8, 4) is 0 Å². The number of piperazine rings is 1. The fourth-order valence-electron chi connectivity index (χ4n) is 2.99. The summed E-state index contributed by atoms with van der Waals surface area (Å²) in [5.41, 5.74) is 1.35. The summed E-state index contributed by atoms with van der Waals surface area (Å²) in [6.07, 6.45) is 5.37. The molecule has 2 rings (SSSR count). The van der Waals surface area contributed by atoms with Crippen molar-refractivity contribution in [3.05, 3.63) is 11.6 Å². The number of hydrogen-bond acceptors (Lipinski definition) is 2. The molecule has 0 aromatic heterocycles. The Morgan fingerprint density at radius 3 is 2.47 bits per heavy atom. The van der Waals surface area contributed by atoms with Gasteiger partial charge in [-0.15, -0.1) is 0 Å². The molecule has 96 valence electrons. The lowest BCUT2D eigenvalue weighted by molar-refractivity contribution is -0.127. The zero-order valence-electron chi connectivity index (χ0n) is 11.2. The van der Waals surface area contributed by atoms with Crippen LogP contribution in [0.2, 0.25) is 0 Å². The molecule has 1 saturated heterocycles. The lowest BCUT2D eigenvalue weighted by Crippen LogP contribution is -2.55. The first-order valence-corrected chi connectivity index (χ1v) is 6.79. The molecule has 0 spiro atoms. The number of nitrogens with zero attached hydrogens (tertiary/aromatic N) is 1. The van der Waals surface area contributed by atoms with Crippen LogP contribution >= 0.6 is 0 Å². The second-order valence-corrected chi connectivity index (χ2v) is 5.86. The fourth-order valence-corrected chi connectivity index (χ4v) is 2.99. The molecule has 3 atom stereocenters. The van der Waals surface area contributed by atoms with Crippen molar-refractivity contribution in [1.82, 2.24) is 10.2 Å². The van der Waals surface area contributed by atoms with Gasteiger partial charge in [-0.1, -0.05) is 12.5 Å². The average Bonchev–Trinajstić information content (AvgIpc) is 2.62. The summed E-state index contributed by atoms with van der Waals surface area (Å²) in [6.45, 7) is 8.22. The van der Waals surface area contributed by atoms with Crippen LogP contribution < -0.4 is 5.32 Å². The highest BCUT2D eigenvalue weighted by molar-refractivity contribution is 5.88. The summed E-state index contributed by atoms with van der Waals surface area (Å²) in [6, 6.07) is 0.812. The van der Waals surface area contributed by atoms with Crippen LogP contribution in [0.4, 0.5) is 0 Å². The maximum absolute atomic E-state index is 12.2. The summed E-state index contributed by atoms with van der Waals surface area (Å²) in [5, 5.41) is 3.45. The highest BCUT2D eigenvalue weighted by atomic mass is 16.2. The van der Waals surface area contributed by atoms with Gasteiger partial charge in [0.15, 0.2) is 0 Å². The molecule has 3 heteroatoms. The van der Waals surface area contributed by atoms with Gasteiger partial charge in [-0.3, -0.25) is 4.79 Å². The van der Waals surface area contributed by atoms with E-state index in [9.17, 15) is 4.79 Å². The first kappa shape index (κ1) is 12.6. The van der Waals surface area contributed by atoms with Crippen LogP contribution in [-0.2, 0) is 4.79 Å². The highest BCUT2D eigenvalue weighted by Crippen LogP contribution is 2.29. The molecule has 0 aromatic rings. The van der Waals surface area contributed by atoms with Crippen molar-refractivity contribution in [2.24, 2.45) is 5.92 Å². The van der Waals surface area contributed by atoms with Crippen molar-refractivity contribution in [3.63, 3.8) is 0 Å². The predicted octanol–water partition coefficient (Wildman–Crippen LogP) is 1.94. The van der Waals surface area contributed by atoms with Crippen molar-refractivity contribution < 1.29 is 4.79 Å². The van der Waals surface area contributed by atoms with Crippen molar-refractivity contribution in [2.45, 2.75) is 52.1 Å². The minimum atomic E-state index is 0.217. The first-order valence-electron chi connectivity index (χ1n) is 6.79. The Kier molecular flexibility index (Phi) is 3.87. The van der Waals surface area contributed by atoms with Gasteiger partial charge >= 0.3 is 0 Å². The minimum absolute atomic E-state index is 0.217. The van der Waals surface area contributed by atoms with E-state index in [-0.39, 0.29) is 5.91 Å². The molecule has 0 unspecified atom stereocenters. The van der Waals surface area contributed by atoms with E-state index < -0.39 is 0 Å². The fraction of sp³-hybridized carbons (Fsp3) is 0.786. The van der Waals surface area contributed by atoms with Crippen molar-refractivity contribution in [2.75, 3.05) is 13.1 Å². The smallest absolute Gasteiger partial charge is 0.246 e. The molecule has 2 fully saturated rings. The third-order valence-corrected chi connectivity index (χ3v) is 3.77. The molecule has 0 bridgehead atoms. The molecule has 1 heterocycles. The molecule has 1 N–H and O–H groups in total. The Morgan fingerprint density at radius 2 is 1.94 bits per heavy atom. The molecule has 3 nitrogen and oxygen atoms in total. The van der Waals surface area contributed by atoms with Crippen molar-refractivity contribution >= 4 is 5.91 Å². The summed E-state index contributed by atoms with van der Waals surface area (Å²) < 4.78 is 0. The standard InChI is InChI=1S/C14H24N2O/c1-10-4-5-13(6-10)7-14(17)16-8-11(2)15-12(3)9-16/h7,10-12,15H,4-6,8-9H2,1-3H3/b13-7+/t10-,11-,12+/m1/s1. The molecule has 1 aliphatic carbocycles. The van der Waals surface area contributed by atoms with Crippen LogP contribution in [0.1, 0.15) is 40.0 Å². The van der Waals surface area contributed by atoms with E-state index in [1.165, 1.54) is 12.0 Å². The zero-order valence-corrected chi connectivity index (χ0v) is 11.2. The van der Waals surface area contributed by atoms with Crippen LogP contribution in [0.15, 0.2) is 11.6 Å². The maximum atomic E-state index is 12.2. The van der Waals surface area contributed by atoms with E-state index in [0.717, 1.165) is 31.8 Å². The van der Waals surface area contributed by atoms with E-state index in [1.54, 1.807) is 0 Å². The number of nitrogens with one attached hydrogen (secondary N) is 1. The molecule has 1 saturated carbocycles. The first-order chi connectivity index (χ1) is 8.04. The van der Waals surface area contributed by atoms with E-state index in [2.05, 4.69) is 26.1 Å². The monoisotopic (exact) mass is 236 g/mol. The molecule has 17 heavy (non-hydrogen) atoms. The van der Waals surface area contributed by atoms with Gasteiger partial charge in [-0.05, 0) is 39.0 Å². The highest BCUT2D eigenvalue weighted by Gasteiger charge is 2.24. The number of carbonyl (C=O) groups excluding carboxylic acids is 1. The molecule has 1 amide bonds. The number of hydrogen-bond donors (Lipinski definition) is 1. The topological polar surface area (TPSA) is 32.3 Å². The number of allylic oxidation sites excluding steroid dienone is 1. The third-order valence-electron chi connectivity index (χ3n) is 3.77. The van der Waals surface area contributed by atoms with Gasteiger partial charge in [0.2, 0.25) is 5.91 Å². The molecule has 1 aliphatic heterocycles. The lowest BCUT2D eigenvalue weighted by Gasteiger charge is -2.35. The molecule has 0 radical (unpaired) electrons. The Morgan fingerprint density at radius 1 is 1.29 bits per heavy atom. The second kappa shape index (κ2) is 5.21. The minimum Gasteiger partial charge on any atom is -0.336 e. The normalized spacial score (nSPS) is 36.5. The molecule has 0 aromatic carbocycles. The van der Waals surface area contributed by atoms with Gasteiger partial charge in [0.25, 0.3) is 0 Å². The predicted molar refractivity (Wildman–Crippen MR) is 69.7 cm³/mol. The number of rotatable bonds is 1. The quantitative estimate of drug-likeness (QED) is 0.706. The van der Waals surface area contributed by atoms with E-state index in [4.69, 9.17) is 0 Å². The zero-order chi connectivity index (χ0) is 12.4. The van der Waals surface area contributed by atoms with Gasteiger partial charge in [-0.2, -0.15) is 0 Å². The number of carbonyl (C=O) groups is 1.